The first-order chi connectivity index (χ1) is 18.4. The second kappa shape index (κ2) is 12.6. The molecule has 3 heterocycles. The fourth-order valence-corrected chi connectivity index (χ4v) is 7.20. The number of amides is 3. The first-order valence-electron chi connectivity index (χ1n) is 15.1. The van der Waals surface area contributed by atoms with E-state index >= 15 is 0 Å². The number of rotatable bonds is 9. The van der Waals surface area contributed by atoms with Crippen molar-refractivity contribution in [2.45, 2.75) is 114 Å². The standard InChI is InChI=1S/C30H46ClN5O2/c1-3-34(4-2)30(38)36(26-6-5-7-26)27-14-16-35(17-15-27)29(37)28(18-21-8-10-22(31)11-9-21)33-25-19-23-12-13-24(20-25)32-23/h8-11,23-28,32-33H,3-7,12-20H2,1-2H3/t23?,24?,25?,28-/m0/s1. The van der Waals surface area contributed by atoms with Crippen LogP contribution in [-0.2, 0) is 11.2 Å². The zero-order valence-corrected chi connectivity index (χ0v) is 24.0. The maximum absolute atomic E-state index is 14.0. The molecule has 3 aliphatic heterocycles. The first kappa shape index (κ1) is 27.7. The van der Waals surface area contributed by atoms with Crippen LogP contribution < -0.4 is 10.6 Å². The van der Waals surface area contributed by atoms with Gasteiger partial charge in [-0.05, 0) is 95.8 Å². The second-order valence-corrected chi connectivity index (χ2v) is 12.3. The van der Waals surface area contributed by atoms with Crippen LogP contribution >= 0.6 is 11.6 Å². The molecule has 0 radical (unpaired) electrons. The summed E-state index contributed by atoms with van der Waals surface area (Å²) < 4.78 is 0. The molecule has 5 rings (SSSR count). The highest BCUT2D eigenvalue weighted by molar-refractivity contribution is 6.30. The van der Waals surface area contributed by atoms with Gasteiger partial charge in [-0.2, -0.15) is 0 Å². The summed E-state index contributed by atoms with van der Waals surface area (Å²) in [4.78, 5) is 33.6. The van der Waals surface area contributed by atoms with Crippen molar-refractivity contribution < 1.29 is 9.59 Å². The van der Waals surface area contributed by atoms with Crippen molar-refractivity contribution in [1.29, 1.82) is 0 Å². The highest BCUT2D eigenvalue weighted by atomic mass is 35.5. The molecular weight excluding hydrogens is 498 g/mol. The number of carbonyl (C=O) groups excluding carboxylic acids is 2. The van der Waals surface area contributed by atoms with Crippen molar-refractivity contribution in [3.05, 3.63) is 34.9 Å². The summed E-state index contributed by atoms with van der Waals surface area (Å²) in [6.07, 6.45) is 10.5. The van der Waals surface area contributed by atoms with E-state index in [9.17, 15) is 9.59 Å². The molecule has 2 bridgehead atoms. The van der Waals surface area contributed by atoms with Gasteiger partial charge in [0.25, 0.3) is 0 Å². The van der Waals surface area contributed by atoms with Crippen LogP contribution in [0.4, 0.5) is 4.79 Å². The van der Waals surface area contributed by atoms with Crippen molar-refractivity contribution in [2.75, 3.05) is 26.2 Å². The normalized spacial score (nSPS) is 26.6. The Labute approximate surface area is 233 Å². The zero-order chi connectivity index (χ0) is 26.6. The molecule has 4 fully saturated rings. The fourth-order valence-electron chi connectivity index (χ4n) is 7.07. The van der Waals surface area contributed by atoms with E-state index in [-0.39, 0.29) is 24.0 Å². The average Bonchev–Trinajstić information content (AvgIpc) is 3.25. The minimum absolute atomic E-state index is 0.187. The molecule has 1 saturated carbocycles. The van der Waals surface area contributed by atoms with Gasteiger partial charge in [0.05, 0.1) is 6.04 Å². The second-order valence-electron chi connectivity index (χ2n) is 11.9. The highest BCUT2D eigenvalue weighted by Gasteiger charge is 2.40. The summed E-state index contributed by atoms with van der Waals surface area (Å²) in [7, 11) is 0. The third kappa shape index (κ3) is 6.31. The first-order valence-corrected chi connectivity index (χ1v) is 15.5. The smallest absolute Gasteiger partial charge is 0.320 e. The fraction of sp³-hybridized carbons (Fsp3) is 0.733. The Morgan fingerprint density at radius 3 is 2.13 bits per heavy atom. The molecule has 3 atom stereocenters. The summed E-state index contributed by atoms with van der Waals surface area (Å²) in [6.45, 7) is 7.04. The number of piperidine rings is 2. The number of urea groups is 1. The minimum atomic E-state index is -0.240. The number of nitrogens with zero attached hydrogens (tertiary/aromatic N) is 3. The van der Waals surface area contributed by atoms with E-state index in [1.165, 1.54) is 19.3 Å². The van der Waals surface area contributed by atoms with Crippen molar-refractivity contribution in [2.24, 2.45) is 0 Å². The van der Waals surface area contributed by atoms with Gasteiger partial charge in [0.1, 0.15) is 0 Å². The van der Waals surface area contributed by atoms with Gasteiger partial charge in [0, 0.05) is 61.4 Å². The third-order valence-electron chi connectivity index (χ3n) is 9.45. The number of likely N-dealkylation sites (tertiary alicyclic amines) is 1. The Bertz CT molecular complexity index is 930. The molecule has 7 nitrogen and oxygen atoms in total. The number of hydrogen-bond donors (Lipinski definition) is 2. The summed E-state index contributed by atoms with van der Waals surface area (Å²) in [5, 5.41) is 8.24. The predicted molar refractivity (Wildman–Crippen MR) is 152 cm³/mol. The van der Waals surface area contributed by atoms with Crippen LogP contribution in [-0.4, -0.2) is 89.1 Å². The predicted octanol–water partition coefficient (Wildman–Crippen LogP) is 4.43. The van der Waals surface area contributed by atoms with Gasteiger partial charge in [-0.15, -0.1) is 0 Å². The molecule has 3 amide bonds. The molecule has 1 aliphatic carbocycles. The van der Waals surface area contributed by atoms with Crippen molar-refractivity contribution in [3.63, 3.8) is 0 Å². The van der Waals surface area contributed by atoms with E-state index in [4.69, 9.17) is 11.6 Å². The summed E-state index contributed by atoms with van der Waals surface area (Å²) in [6, 6.07) is 9.97. The van der Waals surface area contributed by atoms with Crippen molar-refractivity contribution >= 4 is 23.5 Å². The van der Waals surface area contributed by atoms with E-state index in [0.717, 1.165) is 62.2 Å². The Balaban J connectivity index is 1.24. The van der Waals surface area contributed by atoms with Crippen molar-refractivity contribution in [1.82, 2.24) is 25.3 Å². The maximum Gasteiger partial charge on any atom is 0.320 e. The zero-order valence-electron chi connectivity index (χ0n) is 23.2. The van der Waals surface area contributed by atoms with Crippen LogP contribution in [0.1, 0.15) is 77.2 Å². The summed E-state index contributed by atoms with van der Waals surface area (Å²) >= 11 is 6.13. The van der Waals surface area contributed by atoms with Gasteiger partial charge < -0.3 is 25.3 Å². The maximum atomic E-state index is 14.0. The Morgan fingerprint density at radius 2 is 1.58 bits per heavy atom. The monoisotopic (exact) mass is 543 g/mol. The Kier molecular flexibility index (Phi) is 9.17. The molecule has 2 unspecified atom stereocenters. The number of carbonyl (C=O) groups is 2. The van der Waals surface area contributed by atoms with E-state index in [1.807, 2.05) is 29.2 Å². The Hall–Kier alpha value is -1.83. The number of halogens is 1. The number of benzene rings is 1. The van der Waals surface area contributed by atoms with Gasteiger partial charge in [0.2, 0.25) is 5.91 Å². The van der Waals surface area contributed by atoms with Crippen LogP contribution in [0, 0.1) is 0 Å². The minimum Gasteiger partial charge on any atom is -0.341 e. The van der Waals surface area contributed by atoms with E-state index in [1.54, 1.807) is 0 Å². The molecule has 3 saturated heterocycles. The molecule has 0 spiro atoms. The lowest BCUT2D eigenvalue weighted by molar-refractivity contribution is -0.135. The van der Waals surface area contributed by atoms with Crippen LogP contribution in [0.2, 0.25) is 5.02 Å². The molecule has 210 valence electrons. The molecule has 4 aliphatic rings. The molecule has 2 N–H and O–H groups in total. The molecule has 8 heteroatoms. The van der Waals surface area contributed by atoms with Gasteiger partial charge in [0.15, 0.2) is 0 Å². The van der Waals surface area contributed by atoms with Crippen molar-refractivity contribution in [3.8, 4) is 0 Å². The summed E-state index contributed by atoms with van der Waals surface area (Å²) in [5.41, 5.74) is 1.13. The molecule has 38 heavy (non-hydrogen) atoms. The topological polar surface area (TPSA) is 67.9 Å². The van der Waals surface area contributed by atoms with Gasteiger partial charge >= 0.3 is 6.03 Å². The van der Waals surface area contributed by atoms with Gasteiger partial charge in [-0.25, -0.2) is 4.79 Å². The number of fused-ring (bicyclic) bond motifs is 2. The van der Waals surface area contributed by atoms with Crippen LogP contribution in [0.15, 0.2) is 24.3 Å². The molecular formula is C30H46ClN5O2. The van der Waals surface area contributed by atoms with Crippen LogP contribution in [0.25, 0.3) is 0 Å². The third-order valence-corrected chi connectivity index (χ3v) is 9.71. The number of hydrogen-bond acceptors (Lipinski definition) is 4. The van der Waals surface area contributed by atoms with E-state index in [2.05, 4.69) is 34.3 Å². The Morgan fingerprint density at radius 1 is 0.974 bits per heavy atom. The lowest BCUT2D eigenvalue weighted by Gasteiger charge is -2.47. The van der Waals surface area contributed by atoms with Crippen LogP contribution in [0.5, 0.6) is 0 Å². The molecule has 1 aromatic carbocycles. The largest absolute Gasteiger partial charge is 0.341 e. The quantitative estimate of drug-likeness (QED) is 0.483. The van der Waals surface area contributed by atoms with E-state index < -0.39 is 0 Å². The van der Waals surface area contributed by atoms with Gasteiger partial charge in [-0.1, -0.05) is 23.7 Å². The molecule has 1 aromatic rings. The molecule has 0 aromatic heterocycles. The SMILES string of the molecule is CCN(CC)C(=O)N(C1CCC1)C1CCN(C(=O)[C@H](Cc2ccc(Cl)cc2)NC2CC3CCC(C2)N3)CC1. The average molecular weight is 544 g/mol. The lowest BCUT2D eigenvalue weighted by atomic mass is 9.88. The number of nitrogens with one attached hydrogen (secondary N) is 2. The summed E-state index contributed by atoms with van der Waals surface area (Å²) in [5.74, 6) is 0.203. The lowest BCUT2D eigenvalue weighted by Crippen LogP contribution is -2.59. The highest BCUT2D eigenvalue weighted by Crippen LogP contribution is 2.32. The van der Waals surface area contributed by atoms with E-state index in [0.29, 0.717) is 43.7 Å². The van der Waals surface area contributed by atoms with Crippen LogP contribution in [0.3, 0.4) is 0 Å². The van der Waals surface area contributed by atoms with Gasteiger partial charge in [-0.3, -0.25) is 4.79 Å².